The fourth-order valence-electron chi connectivity index (χ4n) is 2.42. The molecule has 1 saturated carbocycles. The van der Waals surface area contributed by atoms with Gasteiger partial charge in [0, 0.05) is 12.2 Å². The van der Waals surface area contributed by atoms with Gasteiger partial charge in [-0.1, -0.05) is 30.5 Å². The topological polar surface area (TPSA) is 46.2 Å². The summed E-state index contributed by atoms with van der Waals surface area (Å²) in [4.78, 5) is 0. The smallest absolute Gasteiger partial charge is 0.154 e. The van der Waals surface area contributed by atoms with Crippen LogP contribution in [0.3, 0.4) is 0 Å². The predicted molar refractivity (Wildman–Crippen MR) is 75.7 cm³/mol. The first-order valence-corrected chi connectivity index (χ1v) is 8.31. The third-order valence-corrected chi connectivity index (χ3v) is 5.84. The highest BCUT2D eigenvalue weighted by atomic mass is 32.2. The standard InChI is InChI=1S/C14H21NO2S/c1-12-6-8-13(9-7-12)15-10-11-18(16,17)14-4-2-3-5-14/h6-9,14-15H,2-5,10-11H2,1H3. The molecule has 0 unspecified atom stereocenters. The van der Waals surface area contributed by atoms with Gasteiger partial charge in [0.15, 0.2) is 9.84 Å². The van der Waals surface area contributed by atoms with Crippen molar-refractivity contribution >= 4 is 15.5 Å². The van der Waals surface area contributed by atoms with Crippen molar-refractivity contribution in [2.45, 2.75) is 37.9 Å². The molecule has 3 nitrogen and oxygen atoms in total. The van der Waals surface area contributed by atoms with Crippen LogP contribution < -0.4 is 5.32 Å². The van der Waals surface area contributed by atoms with Crippen LogP contribution in [0.1, 0.15) is 31.2 Å². The minimum absolute atomic E-state index is 0.0858. The van der Waals surface area contributed by atoms with E-state index in [1.807, 2.05) is 31.2 Å². The van der Waals surface area contributed by atoms with E-state index in [4.69, 9.17) is 0 Å². The minimum Gasteiger partial charge on any atom is -0.384 e. The molecule has 0 atom stereocenters. The SMILES string of the molecule is Cc1ccc(NCCS(=O)(=O)C2CCCC2)cc1. The van der Waals surface area contributed by atoms with Gasteiger partial charge in [-0.3, -0.25) is 0 Å². The highest BCUT2D eigenvalue weighted by Crippen LogP contribution is 2.25. The van der Waals surface area contributed by atoms with Gasteiger partial charge >= 0.3 is 0 Å². The number of nitrogens with one attached hydrogen (secondary N) is 1. The summed E-state index contributed by atoms with van der Waals surface area (Å²) in [6.07, 6.45) is 3.84. The summed E-state index contributed by atoms with van der Waals surface area (Å²) >= 11 is 0. The summed E-state index contributed by atoms with van der Waals surface area (Å²) in [6, 6.07) is 8.01. The first-order chi connectivity index (χ1) is 8.58. The molecule has 0 radical (unpaired) electrons. The lowest BCUT2D eigenvalue weighted by molar-refractivity contribution is 0.580. The van der Waals surface area contributed by atoms with Crippen LogP contribution in [0.25, 0.3) is 0 Å². The number of sulfone groups is 1. The molecule has 1 N–H and O–H groups in total. The van der Waals surface area contributed by atoms with Crippen molar-refractivity contribution in [2.24, 2.45) is 0 Å². The molecule has 2 rings (SSSR count). The van der Waals surface area contributed by atoms with Gasteiger partial charge < -0.3 is 5.32 Å². The Balaban J connectivity index is 1.82. The lowest BCUT2D eigenvalue weighted by atomic mass is 10.2. The maximum Gasteiger partial charge on any atom is 0.154 e. The third kappa shape index (κ3) is 3.48. The van der Waals surface area contributed by atoms with Crippen molar-refractivity contribution in [1.82, 2.24) is 0 Å². The second-order valence-corrected chi connectivity index (χ2v) is 7.47. The average molecular weight is 267 g/mol. The van der Waals surface area contributed by atoms with Crippen LogP contribution in [0.5, 0.6) is 0 Å². The lowest BCUT2D eigenvalue weighted by Crippen LogP contribution is -2.25. The zero-order chi connectivity index (χ0) is 13.0. The summed E-state index contributed by atoms with van der Waals surface area (Å²) in [5.41, 5.74) is 2.20. The van der Waals surface area contributed by atoms with E-state index in [1.54, 1.807) is 0 Å². The molecular formula is C14H21NO2S. The fraction of sp³-hybridized carbons (Fsp3) is 0.571. The first-order valence-electron chi connectivity index (χ1n) is 6.60. The van der Waals surface area contributed by atoms with Crippen molar-refractivity contribution < 1.29 is 8.42 Å². The van der Waals surface area contributed by atoms with E-state index in [-0.39, 0.29) is 11.0 Å². The van der Waals surface area contributed by atoms with Crippen LogP contribution in [0.4, 0.5) is 5.69 Å². The molecule has 0 saturated heterocycles. The molecule has 0 amide bonds. The molecule has 1 aliphatic rings. The summed E-state index contributed by atoms with van der Waals surface area (Å²) in [5.74, 6) is 0.242. The van der Waals surface area contributed by atoms with Gasteiger partial charge in [0.25, 0.3) is 0 Å². The number of aryl methyl sites for hydroxylation is 1. The Bertz CT molecular complexity index is 473. The van der Waals surface area contributed by atoms with Crippen LogP contribution >= 0.6 is 0 Å². The maximum atomic E-state index is 12.0. The van der Waals surface area contributed by atoms with Gasteiger partial charge in [-0.25, -0.2) is 8.42 Å². The van der Waals surface area contributed by atoms with Crippen LogP contribution in [0.15, 0.2) is 24.3 Å². The number of rotatable bonds is 5. The Morgan fingerprint density at radius 2 is 1.78 bits per heavy atom. The molecule has 1 aromatic rings. The highest BCUT2D eigenvalue weighted by molar-refractivity contribution is 7.92. The van der Waals surface area contributed by atoms with Crippen LogP contribution in [-0.4, -0.2) is 26.0 Å². The molecule has 0 aromatic heterocycles. The quantitative estimate of drug-likeness (QED) is 0.892. The van der Waals surface area contributed by atoms with Crippen LogP contribution in [0.2, 0.25) is 0 Å². The normalized spacial score (nSPS) is 16.9. The fourth-order valence-corrected chi connectivity index (χ4v) is 4.19. The first kappa shape index (κ1) is 13.4. The Hall–Kier alpha value is -1.03. The predicted octanol–water partition coefficient (Wildman–Crippen LogP) is 2.76. The van der Waals surface area contributed by atoms with Gasteiger partial charge in [-0.05, 0) is 31.9 Å². The molecule has 1 fully saturated rings. The Labute approximate surface area is 110 Å². The van der Waals surface area contributed by atoms with Gasteiger partial charge in [0.2, 0.25) is 0 Å². The maximum absolute atomic E-state index is 12.0. The second kappa shape index (κ2) is 5.74. The minimum atomic E-state index is -2.90. The van der Waals surface area contributed by atoms with Crippen molar-refractivity contribution in [3.05, 3.63) is 29.8 Å². The van der Waals surface area contributed by atoms with Gasteiger partial charge in [0.05, 0.1) is 11.0 Å². The van der Waals surface area contributed by atoms with Gasteiger partial charge in [-0.2, -0.15) is 0 Å². The lowest BCUT2D eigenvalue weighted by Gasteiger charge is -2.12. The average Bonchev–Trinajstić information content (AvgIpc) is 2.86. The number of hydrogen-bond donors (Lipinski definition) is 1. The molecule has 1 aliphatic carbocycles. The zero-order valence-electron chi connectivity index (χ0n) is 10.9. The van der Waals surface area contributed by atoms with Gasteiger partial charge in [-0.15, -0.1) is 0 Å². The Morgan fingerprint density at radius 1 is 1.17 bits per heavy atom. The molecule has 100 valence electrons. The number of benzene rings is 1. The van der Waals surface area contributed by atoms with E-state index >= 15 is 0 Å². The Morgan fingerprint density at radius 3 is 2.39 bits per heavy atom. The van der Waals surface area contributed by atoms with E-state index in [9.17, 15) is 8.42 Å². The van der Waals surface area contributed by atoms with Crippen molar-refractivity contribution in [1.29, 1.82) is 0 Å². The molecule has 0 heterocycles. The number of hydrogen-bond acceptors (Lipinski definition) is 3. The summed E-state index contributed by atoms with van der Waals surface area (Å²) < 4.78 is 24.1. The van der Waals surface area contributed by atoms with E-state index in [1.165, 1.54) is 5.56 Å². The summed E-state index contributed by atoms with van der Waals surface area (Å²) in [7, 11) is -2.90. The van der Waals surface area contributed by atoms with Crippen molar-refractivity contribution in [3.8, 4) is 0 Å². The highest BCUT2D eigenvalue weighted by Gasteiger charge is 2.27. The monoisotopic (exact) mass is 267 g/mol. The molecule has 0 bridgehead atoms. The van der Waals surface area contributed by atoms with Crippen molar-refractivity contribution in [3.63, 3.8) is 0 Å². The second-order valence-electron chi connectivity index (χ2n) is 5.07. The van der Waals surface area contributed by atoms with Crippen LogP contribution in [-0.2, 0) is 9.84 Å². The van der Waals surface area contributed by atoms with E-state index in [0.29, 0.717) is 6.54 Å². The van der Waals surface area contributed by atoms with Crippen LogP contribution in [0, 0.1) is 6.92 Å². The van der Waals surface area contributed by atoms with Gasteiger partial charge in [0.1, 0.15) is 0 Å². The zero-order valence-corrected chi connectivity index (χ0v) is 11.7. The van der Waals surface area contributed by atoms with Crippen molar-refractivity contribution in [2.75, 3.05) is 17.6 Å². The third-order valence-electron chi connectivity index (χ3n) is 3.58. The van der Waals surface area contributed by atoms with E-state index < -0.39 is 9.84 Å². The molecule has 4 heteroatoms. The molecule has 1 aromatic carbocycles. The summed E-state index contributed by atoms with van der Waals surface area (Å²) in [6.45, 7) is 2.54. The Kier molecular flexibility index (Phi) is 4.27. The number of anilines is 1. The molecule has 18 heavy (non-hydrogen) atoms. The largest absolute Gasteiger partial charge is 0.384 e. The molecule has 0 aliphatic heterocycles. The molecule has 0 spiro atoms. The summed E-state index contributed by atoms with van der Waals surface area (Å²) in [5, 5.41) is 3.09. The van der Waals surface area contributed by atoms with E-state index in [2.05, 4.69) is 5.32 Å². The molecular weight excluding hydrogens is 246 g/mol. The van der Waals surface area contributed by atoms with E-state index in [0.717, 1.165) is 31.4 Å².